The van der Waals surface area contributed by atoms with E-state index in [4.69, 9.17) is 4.43 Å². The van der Waals surface area contributed by atoms with E-state index in [2.05, 4.69) is 116 Å². The van der Waals surface area contributed by atoms with Crippen LogP contribution in [0.15, 0.2) is 83.5 Å². The van der Waals surface area contributed by atoms with Crippen LogP contribution >= 0.6 is 15.9 Å². The van der Waals surface area contributed by atoms with Crippen molar-refractivity contribution in [2.45, 2.75) is 46.1 Å². The van der Waals surface area contributed by atoms with E-state index < -0.39 is 8.32 Å². The maximum atomic E-state index is 14.0. The lowest BCUT2D eigenvalue weighted by molar-refractivity contribution is 0.170. The molecule has 1 heterocycles. The molecule has 0 unspecified atom stereocenters. The van der Waals surface area contributed by atoms with Crippen LogP contribution in [0.1, 0.15) is 40.2 Å². The number of fused-ring (bicyclic) bond motifs is 1. The molecule has 34 heavy (non-hydrogen) atoms. The van der Waals surface area contributed by atoms with Gasteiger partial charge in [-0.25, -0.2) is 4.39 Å². The summed E-state index contributed by atoms with van der Waals surface area (Å²) in [5.41, 5.74) is 1.87. The van der Waals surface area contributed by atoms with Crippen LogP contribution in [0.2, 0.25) is 5.04 Å². The van der Waals surface area contributed by atoms with E-state index in [-0.39, 0.29) is 16.3 Å². The molecular formula is C29H33BrFNOSi. The Morgan fingerprint density at radius 1 is 0.882 bits per heavy atom. The lowest BCUT2D eigenvalue weighted by atomic mass is 9.86. The Balaban J connectivity index is 1.69. The highest BCUT2D eigenvalue weighted by Crippen LogP contribution is 2.38. The molecule has 0 bridgehead atoms. The Bertz CT molecular complexity index is 1220. The summed E-state index contributed by atoms with van der Waals surface area (Å²) in [6, 6.07) is 24.9. The van der Waals surface area contributed by atoms with Crippen molar-refractivity contribution in [3.8, 4) is 0 Å². The monoisotopic (exact) mass is 537 g/mol. The first kappa shape index (κ1) is 24.9. The van der Waals surface area contributed by atoms with E-state index in [0.717, 1.165) is 17.3 Å². The van der Waals surface area contributed by atoms with E-state index in [1.165, 1.54) is 15.9 Å². The van der Waals surface area contributed by atoms with Crippen molar-refractivity contribution in [1.82, 2.24) is 4.98 Å². The van der Waals surface area contributed by atoms with Crippen molar-refractivity contribution in [2.75, 3.05) is 6.61 Å². The minimum absolute atomic E-state index is 0.0606. The Labute approximate surface area is 211 Å². The molecule has 178 valence electrons. The van der Waals surface area contributed by atoms with Crippen LogP contribution in [0.25, 0.3) is 10.9 Å². The number of H-pyrrole nitrogens is 1. The molecule has 0 fully saturated rings. The number of rotatable bonds is 7. The second-order valence-corrected chi connectivity index (χ2v) is 16.1. The van der Waals surface area contributed by atoms with Crippen LogP contribution in [0.3, 0.4) is 0 Å². The zero-order chi connectivity index (χ0) is 24.6. The van der Waals surface area contributed by atoms with E-state index in [1.807, 2.05) is 12.3 Å². The second kappa shape index (κ2) is 9.44. The normalized spacial score (nSPS) is 12.9. The van der Waals surface area contributed by atoms with Crippen LogP contribution < -0.4 is 10.4 Å². The average molecular weight is 539 g/mol. The highest BCUT2D eigenvalue weighted by Gasteiger charge is 2.50. The van der Waals surface area contributed by atoms with Gasteiger partial charge in [-0.05, 0) is 60.9 Å². The number of halogens is 2. The number of hydrogen-bond donors (Lipinski definition) is 1. The summed E-state index contributed by atoms with van der Waals surface area (Å²) >= 11 is 3.34. The second-order valence-electron chi connectivity index (χ2n) is 10.9. The smallest absolute Gasteiger partial charge is 0.261 e. The predicted molar refractivity (Wildman–Crippen MR) is 147 cm³/mol. The molecule has 1 N–H and O–H groups in total. The zero-order valence-corrected chi connectivity index (χ0v) is 23.2. The van der Waals surface area contributed by atoms with Crippen molar-refractivity contribution in [3.63, 3.8) is 0 Å². The Hall–Kier alpha value is -2.21. The maximum absolute atomic E-state index is 14.0. The summed E-state index contributed by atoms with van der Waals surface area (Å²) in [6.45, 7) is 12.0. The first-order valence-corrected chi connectivity index (χ1v) is 14.4. The molecule has 0 aliphatic heterocycles. The lowest BCUT2D eigenvalue weighted by Crippen LogP contribution is -2.67. The number of hydrogen-bond acceptors (Lipinski definition) is 1. The molecule has 0 aliphatic carbocycles. The van der Waals surface area contributed by atoms with Gasteiger partial charge in [0, 0.05) is 23.7 Å². The lowest BCUT2D eigenvalue weighted by Gasteiger charge is -2.44. The molecule has 0 saturated heterocycles. The molecule has 0 amide bonds. The van der Waals surface area contributed by atoms with Gasteiger partial charge in [0.25, 0.3) is 8.32 Å². The van der Waals surface area contributed by atoms with Crippen molar-refractivity contribution in [2.24, 2.45) is 5.41 Å². The van der Waals surface area contributed by atoms with Gasteiger partial charge in [-0.2, -0.15) is 0 Å². The van der Waals surface area contributed by atoms with Crippen LogP contribution in [-0.2, 0) is 10.8 Å². The molecule has 4 aromatic rings. The van der Waals surface area contributed by atoms with Crippen LogP contribution in [0.4, 0.5) is 4.39 Å². The van der Waals surface area contributed by atoms with Crippen LogP contribution in [0, 0.1) is 11.2 Å². The largest absolute Gasteiger partial charge is 0.407 e. The first-order chi connectivity index (χ1) is 16.0. The minimum Gasteiger partial charge on any atom is -0.407 e. The van der Waals surface area contributed by atoms with E-state index >= 15 is 0 Å². The van der Waals surface area contributed by atoms with Gasteiger partial charge in [0.05, 0.1) is 4.47 Å². The topological polar surface area (TPSA) is 25.0 Å². The Morgan fingerprint density at radius 2 is 1.44 bits per heavy atom. The van der Waals surface area contributed by atoms with Gasteiger partial charge < -0.3 is 9.41 Å². The Kier molecular flexibility index (Phi) is 6.91. The maximum Gasteiger partial charge on any atom is 0.261 e. The fourth-order valence-electron chi connectivity index (χ4n) is 4.95. The molecular weight excluding hydrogens is 505 g/mol. The van der Waals surface area contributed by atoms with Gasteiger partial charge in [-0.15, -0.1) is 0 Å². The SMILES string of the molecule is CC(C)(CO[Si](c1ccccc1)(c1ccccc1)C(C)(C)C)Cc1c[nH]c2cc(F)c(Br)cc12. The molecule has 0 aliphatic rings. The minimum atomic E-state index is -2.60. The number of nitrogens with one attached hydrogen (secondary N) is 1. The molecule has 0 radical (unpaired) electrons. The van der Waals surface area contributed by atoms with Gasteiger partial charge >= 0.3 is 0 Å². The van der Waals surface area contributed by atoms with Crippen molar-refractivity contribution in [1.29, 1.82) is 0 Å². The average Bonchev–Trinajstić information content (AvgIpc) is 3.15. The van der Waals surface area contributed by atoms with Gasteiger partial charge in [-0.3, -0.25) is 0 Å². The Morgan fingerprint density at radius 3 is 1.97 bits per heavy atom. The van der Waals surface area contributed by atoms with Crippen molar-refractivity contribution >= 4 is 45.5 Å². The number of aromatic amines is 1. The van der Waals surface area contributed by atoms with Crippen LogP contribution in [0.5, 0.6) is 0 Å². The standard InChI is InChI=1S/C29H33BrFNOSi/c1-28(2,3)34(22-12-8-6-9-13-22,23-14-10-7-11-15-23)33-20-29(4,5)18-21-19-32-27-17-26(31)25(30)16-24(21)27/h6-17,19,32H,18,20H2,1-5H3. The first-order valence-electron chi connectivity index (χ1n) is 11.7. The fourth-order valence-corrected chi connectivity index (χ4v) is 10.1. The summed E-state index contributed by atoms with van der Waals surface area (Å²) in [5, 5.41) is 3.56. The molecule has 0 atom stereocenters. The molecule has 0 saturated carbocycles. The van der Waals surface area contributed by atoms with Gasteiger partial charge in [0.2, 0.25) is 0 Å². The fraction of sp³-hybridized carbons (Fsp3) is 0.310. The molecule has 5 heteroatoms. The quantitative estimate of drug-likeness (QED) is 0.247. The van der Waals surface area contributed by atoms with E-state index in [0.29, 0.717) is 11.1 Å². The van der Waals surface area contributed by atoms with Gasteiger partial charge in [-0.1, -0.05) is 95.3 Å². The summed E-state index contributed by atoms with van der Waals surface area (Å²) in [6.07, 6.45) is 2.82. The van der Waals surface area contributed by atoms with Crippen LogP contribution in [-0.4, -0.2) is 19.9 Å². The third-order valence-electron chi connectivity index (χ3n) is 6.57. The van der Waals surface area contributed by atoms with E-state index in [1.54, 1.807) is 6.07 Å². The predicted octanol–water partition coefficient (Wildman–Crippen LogP) is 7.21. The van der Waals surface area contributed by atoms with Crippen molar-refractivity contribution < 1.29 is 8.82 Å². The van der Waals surface area contributed by atoms with Gasteiger partial charge in [0.15, 0.2) is 0 Å². The molecule has 0 spiro atoms. The third kappa shape index (κ3) is 4.79. The molecule has 1 aromatic heterocycles. The van der Waals surface area contributed by atoms with Gasteiger partial charge in [0.1, 0.15) is 5.82 Å². The summed E-state index contributed by atoms with van der Waals surface area (Å²) in [4.78, 5) is 3.23. The highest BCUT2D eigenvalue weighted by atomic mass is 79.9. The zero-order valence-electron chi connectivity index (χ0n) is 20.6. The number of benzene rings is 3. The molecule has 2 nitrogen and oxygen atoms in total. The summed E-state index contributed by atoms with van der Waals surface area (Å²) in [5.74, 6) is -0.254. The summed E-state index contributed by atoms with van der Waals surface area (Å²) in [7, 11) is -2.60. The molecule has 4 rings (SSSR count). The summed E-state index contributed by atoms with van der Waals surface area (Å²) < 4.78 is 21.7. The third-order valence-corrected chi connectivity index (χ3v) is 12.2. The molecule has 3 aromatic carbocycles. The van der Waals surface area contributed by atoms with Crippen molar-refractivity contribution in [3.05, 3.63) is 94.8 Å². The van der Waals surface area contributed by atoms with E-state index in [9.17, 15) is 4.39 Å². The highest BCUT2D eigenvalue weighted by molar-refractivity contribution is 9.10. The number of aromatic nitrogens is 1.